The number of benzene rings is 3. The topological polar surface area (TPSA) is 83.0 Å². The van der Waals surface area contributed by atoms with E-state index in [1.165, 1.54) is 6.21 Å². The van der Waals surface area contributed by atoms with Gasteiger partial charge in [-0.2, -0.15) is 5.10 Å². The molecule has 3 N–H and O–H groups in total. The maximum atomic E-state index is 11.9. The van der Waals surface area contributed by atoms with Gasteiger partial charge < -0.3 is 15.2 Å². The summed E-state index contributed by atoms with van der Waals surface area (Å²) in [7, 11) is 1.60. The van der Waals surface area contributed by atoms with Crippen LogP contribution in [0.5, 0.6) is 11.5 Å². The second kappa shape index (κ2) is 8.02. The fourth-order valence-corrected chi connectivity index (χ4v) is 2.52. The third-order valence-corrected chi connectivity index (χ3v) is 3.87. The van der Waals surface area contributed by atoms with Crippen molar-refractivity contribution in [2.24, 2.45) is 5.10 Å². The molecule has 132 valence electrons. The van der Waals surface area contributed by atoms with E-state index in [4.69, 9.17) is 4.74 Å². The molecule has 0 saturated heterocycles. The summed E-state index contributed by atoms with van der Waals surface area (Å²) in [4.78, 5) is 11.9. The number of methoxy groups -OCH3 is 1. The van der Waals surface area contributed by atoms with E-state index in [1.807, 2.05) is 54.6 Å². The van der Waals surface area contributed by atoms with Gasteiger partial charge >= 0.3 is 0 Å². The van der Waals surface area contributed by atoms with Gasteiger partial charge in [0.25, 0.3) is 5.91 Å². The predicted octanol–water partition coefficient (Wildman–Crippen LogP) is 3.12. The van der Waals surface area contributed by atoms with Crippen molar-refractivity contribution in [1.82, 2.24) is 5.43 Å². The molecule has 0 aliphatic carbocycles. The van der Waals surface area contributed by atoms with Gasteiger partial charge in [-0.1, -0.05) is 30.3 Å². The van der Waals surface area contributed by atoms with E-state index >= 15 is 0 Å². The number of rotatable bonds is 6. The zero-order valence-electron chi connectivity index (χ0n) is 14.3. The van der Waals surface area contributed by atoms with Crippen LogP contribution in [0, 0.1) is 0 Å². The fourth-order valence-electron chi connectivity index (χ4n) is 2.52. The predicted molar refractivity (Wildman–Crippen MR) is 103 cm³/mol. The Morgan fingerprint density at radius 1 is 1.12 bits per heavy atom. The molecule has 26 heavy (non-hydrogen) atoms. The molecule has 3 rings (SSSR count). The number of amides is 1. The molecule has 0 fully saturated rings. The number of anilines is 1. The lowest BCUT2D eigenvalue weighted by atomic mass is 10.0. The van der Waals surface area contributed by atoms with Gasteiger partial charge in [0, 0.05) is 11.3 Å². The number of ether oxygens (including phenoxy) is 1. The van der Waals surface area contributed by atoms with E-state index in [-0.39, 0.29) is 18.2 Å². The standard InChI is InChI=1S/C20H19N3O3/c1-26-16-9-7-15(8-10-16)21-13-20(25)23-22-12-18-17-5-3-2-4-14(17)6-11-19(18)24/h2-12,21,24H,13H2,1H3,(H,23,25)/b22-12+. The normalized spacial score (nSPS) is 10.8. The number of hydrogen-bond donors (Lipinski definition) is 3. The average molecular weight is 349 g/mol. The van der Waals surface area contributed by atoms with Gasteiger partial charge in [0.2, 0.25) is 0 Å². The molecule has 0 spiro atoms. The highest BCUT2D eigenvalue weighted by atomic mass is 16.5. The molecule has 6 nitrogen and oxygen atoms in total. The Hall–Kier alpha value is -3.54. The van der Waals surface area contributed by atoms with E-state index in [0.29, 0.717) is 5.56 Å². The third-order valence-electron chi connectivity index (χ3n) is 3.87. The van der Waals surface area contributed by atoms with Crippen LogP contribution in [0.1, 0.15) is 5.56 Å². The van der Waals surface area contributed by atoms with E-state index in [0.717, 1.165) is 22.2 Å². The number of hydrazone groups is 1. The number of hydrogen-bond acceptors (Lipinski definition) is 5. The summed E-state index contributed by atoms with van der Waals surface area (Å²) in [6.45, 7) is 0.0746. The Labute approximate surface area is 151 Å². The lowest BCUT2D eigenvalue weighted by Gasteiger charge is -2.07. The number of aromatic hydroxyl groups is 1. The highest BCUT2D eigenvalue weighted by molar-refractivity contribution is 6.02. The van der Waals surface area contributed by atoms with Crippen molar-refractivity contribution in [3.63, 3.8) is 0 Å². The number of phenols is 1. The molecule has 0 aliphatic rings. The number of nitrogens with zero attached hydrogens (tertiary/aromatic N) is 1. The van der Waals surface area contributed by atoms with Gasteiger partial charge in [0.05, 0.1) is 19.9 Å². The summed E-state index contributed by atoms with van der Waals surface area (Å²) in [5, 5.41) is 18.8. The number of phenolic OH excluding ortho intramolecular Hbond substituents is 1. The largest absolute Gasteiger partial charge is 0.507 e. The van der Waals surface area contributed by atoms with Crippen LogP contribution < -0.4 is 15.5 Å². The molecule has 1 amide bonds. The van der Waals surface area contributed by atoms with Crippen molar-refractivity contribution < 1.29 is 14.6 Å². The molecule has 0 atom stereocenters. The van der Waals surface area contributed by atoms with Gasteiger partial charge in [-0.25, -0.2) is 5.43 Å². The van der Waals surface area contributed by atoms with Gasteiger partial charge in [0.15, 0.2) is 0 Å². The second-order valence-corrected chi connectivity index (χ2v) is 5.59. The molecule has 0 unspecified atom stereocenters. The van der Waals surface area contributed by atoms with Crippen molar-refractivity contribution in [1.29, 1.82) is 0 Å². The maximum absolute atomic E-state index is 11.9. The molecule has 0 aliphatic heterocycles. The molecule has 0 bridgehead atoms. The van der Waals surface area contributed by atoms with E-state index in [1.54, 1.807) is 13.2 Å². The minimum absolute atomic E-state index is 0.0746. The lowest BCUT2D eigenvalue weighted by molar-refractivity contribution is -0.119. The monoisotopic (exact) mass is 349 g/mol. The minimum Gasteiger partial charge on any atom is -0.507 e. The molecule has 0 aromatic heterocycles. The Balaban J connectivity index is 1.60. The molecule has 3 aromatic carbocycles. The molecule has 3 aromatic rings. The van der Waals surface area contributed by atoms with Crippen molar-refractivity contribution in [3.05, 3.63) is 66.2 Å². The fraction of sp³-hybridized carbons (Fsp3) is 0.100. The Morgan fingerprint density at radius 3 is 2.65 bits per heavy atom. The van der Waals surface area contributed by atoms with Crippen LogP contribution in [0.4, 0.5) is 5.69 Å². The summed E-state index contributed by atoms with van der Waals surface area (Å²) in [6, 6.07) is 18.4. The first kappa shape index (κ1) is 17.3. The highest BCUT2D eigenvalue weighted by Crippen LogP contribution is 2.25. The van der Waals surface area contributed by atoms with Crippen LogP contribution in [-0.2, 0) is 4.79 Å². The number of nitrogens with one attached hydrogen (secondary N) is 2. The average Bonchev–Trinajstić information content (AvgIpc) is 2.68. The van der Waals surface area contributed by atoms with Crippen LogP contribution in [-0.4, -0.2) is 30.9 Å². The maximum Gasteiger partial charge on any atom is 0.259 e. The number of carbonyl (C=O) groups is 1. The zero-order valence-corrected chi connectivity index (χ0v) is 14.3. The smallest absolute Gasteiger partial charge is 0.259 e. The third kappa shape index (κ3) is 4.10. The molecular weight excluding hydrogens is 330 g/mol. The molecule has 0 heterocycles. The first-order chi connectivity index (χ1) is 12.7. The van der Waals surface area contributed by atoms with Gasteiger partial charge in [0.1, 0.15) is 11.5 Å². The molecule has 0 saturated carbocycles. The van der Waals surface area contributed by atoms with Gasteiger partial charge in [-0.15, -0.1) is 0 Å². The first-order valence-electron chi connectivity index (χ1n) is 8.08. The quantitative estimate of drug-likeness (QED) is 0.472. The van der Waals surface area contributed by atoms with Crippen LogP contribution in [0.25, 0.3) is 10.8 Å². The zero-order chi connectivity index (χ0) is 18.4. The van der Waals surface area contributed by atoms with Gasteiger partial charge in [-0.3, -0.25) is 4.79 Å². The number of carbonyl (C=O) groups excluding carboxylic acids is 1. The summed E-state index contributed by atoms with van der Waals surface area (Å²) >= 11 is 0. The Bertz CT molecular complexity index is 937. The van der Waals surface area contributed by atoms with Crippen LogP contribution >= 0.6 is 0 Å². The van der Waals surface area contributed by atoms with Crippen LogP contribution in [0.2, 0.25) is 0 Å². The van der Waals surface area contributed by atoms with Crippen molar-refractivity contribution in [2.75, 3.05) is 19.0 Å². The molecular formula is C20H19N3O3. The molecule has 6 heteroatoms. The van der Waals surface area contributed by atoms with E-state index in [9.17, 15) is 9.90 Å². The lowest BCUT2D eigenvalue weighted by Crippen LogP contribution is -2.25. The summed E-state index contributed by atoms with van der Waals surface area (Å²) in [5.41, 5.74) is 3.81. The number of fused-ring (bicyclic) bond motifs is 1. The summed E-state index contributed by atoms with van der Waals surface area (Å²) in [6.07, 6.45) is 1.45. The van der Waals surface area contributed by atoms with E-state index < -0.39 is 0 Å². The molecule has 0 radical (unpaired) electrons. The SMILES string of the molecule is COc1ccc(NCC(=O)N/N=C/c2c(O)ccc3ccccc23)cc1. The Morgan fingerprint density at radius 2 is 1.88 bits per heavy atom. The highest BCUT2D eigenvalue weighted by Gasteiger charge is 2.05. The van der Waals surface area contributed by atoms with E-state index in [2.05, 4.69) is 15.8 Å². The second-order valence-electron chi connectivity index (χ2n) is 5.59. The first-order valence-corrected chi connectivity index (χ1v) is 8.08. The van der Waals surface area contributed by atoms with Crippen LogP contribution in [0.3, 0.4) is 0 Å². The van der Waals surface area contributed by atoms with Crippen LogP contribution in [0.15, 0.2) is 65.8 Å². The van der Waals surface area contributed by atoms with Crippen molar-refractivity contribution in [3.8, 4) is 11.5 Å². The summed E-state index contributed by atoms with van der Waals surface area (Å²) in [5.74, 6) is 0.564. The van der Waals surface area contributed by atoms with Gasteiger partial charge in [-0.05, 0) is 41.1 Å². The Kier molecular flexibility index (Phi) is 5.34. The van der Waals surface area contributed by atoms with Crippen molar-refractivity contribution in [2.45, 2.75) is 0 Å². The van der Waals surface area contributed by atoms with Crippen molar-refractivity contribution >= 4 is 28.6 Å². The minimum atomic E-state index is -0.295. The summed E-state index contributed by atoms with van der Waals surface area (Å²) < 4.78 is 5.08.